The number of nitrogens with two attached hydrogens (primary N) is 1. The predicted octanol–water partition coefficient (Wildman–Crippen LogP) is -0.197. The highest BCUT2D eigenvalue weighted by Gasteiger charge is 2.12. The van der Waals surface area contributed by atoms with E-state index in [0.717, 1.165) is 32.7 Å². The molecule has 3 N–H and O–H groups in total. The van der Waals surface area contributed by atoms with Crippen LogP contribution in [-0.2, 0) is 11.3 Å². The minimum atomic E-state index is -0.467. The Morgan fingerprint density at radius 1 is 1.25 bits per heavy atom. The number of hydrogen-bond acceptors (Lipinski definition) is 5. The number of amides is 1. The van der Waals surface area contributed by atoms with Crippen LogP contribution in [0.15, 0.2) is 24.3 Å². The Morgan fingerprint density at radius 2 is 1.90 bits per heavy atom. The van der Waals surface area contributed by atoms with E-state index in [1.165, 1.54) is 5.56 Å². The number of benzene rings is 1. The van der Waals surface area contributed by atoms with E-state index < -0.39 is 5.91 Å². The maximum absolute atomic E-state index is 10.6. The summed E-state index contributed by atoms with van der Waals surface area (Å²) in [6.45, 7) is 4.96. The standard InChI is InChI=1S/C14H22N4O2/c1-17-6-8-18(9-7-17)16-10-12-2-4-13(5-3-12)20-11-14(15)19/h2-5,16H,6-11H2,1H3,(H2,15,19). The molecule has 20 heavy (non-hydrogen) atoms. The van der Waals surface area contributed by atoms with E-state index in [1.54, 1.807) is 0 Å². The molecule has 6 nitrogen and oxygen atoms in total. The van der Waals surface area contributed by atoms with Gasteiger partial charge in [0.25, 0.3) is 5.91 Å². The Labute approximate surface area is 119 Å². The summed E-state index contributed by atoms with van der Waals surface area (Å²) < 4.78 is 5.22. The van der Waals surface area contributed by atoms with E-state index in [2.05, 4.69) is 22.4 Å². The minimum Gasteiger partial charge on any atom is -0.484 e. The topological polar surface area (TPSA) is 70.8 Å². The van der Waals surface area contributed by atoms with Gasteiger partial charge in [0.1, 0.15) is 5.75 Å². The summed E-state index contributed by atoms with van der Waals surface area (Å²) in [4.78, 5) is 12.9. The molecule has 1 aromatic carbocycles. The van der Waals surface area contributed by atoms with Crippen molar-refractivity contribution in [1.82, 2.24) is 15.3 Å². The van der Waals surface area contributed by atoms with Crippen molar-refractivity contribution in [3.05, 3.63) is 29.8 Å². The van der Waals surface area contributed by atoms with Crippen LogP contribution in [-0.4, -0.2) is 55.6 Å². The third-order valence-electron chi connectivity index (χ3n) is 3.31. The summed E-state index contributed by atoms with van der Waals surface area (Å²) in [6.07, 6.45) is 0. The number of rotatable bonds is 6. The van der Waals surface area contributed by atoms with Crippen LogP contribution < -0.4 is 15.9 Å². The largest absolute Gasteiger partial charge is 0.484 e. The van der Waals surface area contributed by atoms with Crippen LogP contribution in [0.4, 0.5) is 0 Å². The monoisotopic (exact) mass is 278 g/mol. The molecule has 6 heteroatoms. The van der Waals surface area contributed by atoms with Crippen molar-refractivity contribution in [2.75, 3.05) is 39.8 Å². The Hall–Kier alpha value is -1.63. The third kappa shape index (κ3) is 4.80. The maximum atomic E-state index is 10.6. The highest BCUT2D eigenvalue weighted by atomic mass is 16.5. The minimum absolute atomic E-state index is 0.0844. The van der Waals surface area contributed by atoms with Crippen molar-refractivity contribution >= 4 is 5.91 Å². The molecule has 0 radical (unpaired) electrons. The molecule has 0 unspecified atom stereocenters. The van der Waals surface area contributed by atoms with Gasteiger partial charge in [0.05, 0.1) is 0 Å². The number of ether oxygens (including phenoxy) is 1. The first-order valence-electron chi connectivity index (χ1n) is 6.80. The molecular weight excluding hydrogens is 256 g/mol. The van der Waals surface area contributed by atoms with Crippen molar-refractivity contribution in [1.29, 1.82) is 0 Å². The summed E-state index contributed by atoms with van der Waals surface area (Å²) in [7, 11) is 2.14. The van der Waals surface area contributed by atoms with Gasteiger partial charge in [0, 0.05) is 32.7 Å². The molecule has 1 amide bonds. The molecule has 1 saturated heterocycles. The summed E-state index contributed by atoms with van der Waals surface area (Å²) in [5, 5.41) is 2.25. The zero-order valence-electron chi connectivity index (χ0n) is 11.8. The first kappa shape index (κ1) is 14.8. The quantitative estimate of drug-likeness (QED) is 0.754. The fourth-order valence-corrected chi connectivity index (χ4v) is 2.03. The van der Waals surface area contributed by atoms with Crippen molar-refractivity contribution in [3.8, 4) is 5.75 Å². The van der Waals surface area contributed by atoms with E-state index >= 15 is 0 Å². The number of carbonyl (C=O) groups is 1. The van der Waals surface area contributed by atoms with E-state index in [9.17, 15) is 4.79 Å². The number of hydrogen-bond donors (Lipinski definition) is 2. The Balaban J connectivity index is 1.74. The van der Waals surface area contributed by atoms with Crippen LogP contribution in [0.5, 0.6) is 5.75 Å². The summed E-state index contributed by atoms with van der Waals surface area (Å²) >= 11 is 0. The molecule has 1 fully saturated rings. The molecule has 110 valence electrons. The van der Waals surface area contributed by atoms with E-state index in [1.807, 2.05) is 24.3 Å². The Kier molecular flexibility index (Phi) is 5.34. The van der Waals surface area contributed by atoms with Crippen molar-refractivity contribution in [3.63, 3.8) is 0 Å². The predicted molar refractivity (Wildman–Crippen MR) is 77.0 cm³/mol. The molecular formula is C14H22N4O2. The fourth-order valence-electron chi connectivity index (χ4n) is 2.03. The molecule has 1 aliphatic rings. The molecule has 1 aliphatic heterocycles. The van der Waals surface area contributed by atoms with Gasteiger partial charge in [0.2, 0.25) is 0 Å². The fraction of sp³-hybridized carbons (Fsp3) is 0.500. The second-order valence-corrected chi connectivity index (χ2v) is 5.02. The lowest BCUT2D eigenvalue weighted by Crippen LogP contribution is -2.50. The number of primary amides is 1. The van der Waals surface area contributed by atoms with Crippen molar-refractivity contribution in [2.24, 2.45) is 5.73 Å². The van der Waals surface area contributed by atoms with Gasteiger partial charge < -0.3 is 15.4 Å². The molecule has 0 saturated carbocycles. The normalized spacial score (nSPS) is 17.1. The first-order chi connectivity index (χ1) is 9.63. The molecule has 2 rings (SSSR count). The lowest BCUT2D eigenvalue weighted by atomic mass is 10.2. The molecule has 1 aromatic rings. The summed E-state index contributed by atoms with van der Waals surface area (Å²) in [6, 6.07) is 7.67. The van der Waals surface area contributed by atoms with Gasteiger partial charge in [-0.25, -0.2) is 5.01 Å². The Bertz CT molecular complexity index is 427. The number of hydrazine groups is 1. The Morgan fingerprint density at radius 3 is 2.50 bits per heavy atom. The smallest absolute Gasteiger partial charge is 0.255 e. The average Bonchev–Trinajstić information content (AvgIpc) is 2.45. The number of nitrogens with zero attached hydrogens (tertiary/aromatic N) is 2. The average molecular weight is 278 g/mol. The van der Waals surface area contributed by atoms with Crippen molar-refractivity contribution in [2.45, 2.75) is 6.54 Å². The highest BCUT2D eigenvalue weighted by molar-refractivity contribution is 5.75. The van der Waals surface area contributed by atoms with E-state index in [0.29, 0.717) is 5.75 Å². The zero-order chi connectivity index (χ0) is 14.4. The highest BCUT2D eigenvalue weighted by Crippen LogP contribution is 2.12. The van der Waals surface area contributed by atoms with Gasteiger partial charge in [0.15, 0.2) is 6.61 Å². The summed E-state index contributed by atoms with van der Waals surface area (Å²) in [5.74, 6) is 0.193. The SMILES string of the molecule is CN1CCN(NCc2ccc(OCC(N)=O)cc2)CC1. The van der Waals surface area contributed by atoms with Crippen LogP contribution in [0.25, 0.3) is 0 Å². The lowest BCUT2D eigenvalue weighted by molar-refractivity contribution is -0.119. The maximum Gasteiger partial charge on any atom is 0.255 e. The number of carbonyl (C=O) groups excluding carboxylic acids is 1. The molecule has 0 aromatic heterocycles. The number of nitrogens with one attached hydrogen (secondary N) is 1. The molecule has 0 spiro atoms. The number of likely N-dealkylation sites (N-methyl/N-ethyl adjacent to an activating group) is 1. The van der Waals surface area contributed by atoms with Gasteiger partial charge >= 0.3 is 0 Å². The zero-order valence-corrected chi connectivity index (χ0v) is 11.8. The second-order valence-electron chi connectivity index (χ2n) is 5.02. The van der Waals surface area contributed by atoms with Gasteiger partial charge in [-0.1, -0.05) is 12.1 Å². The number of piperazine rings is 1. The van der Waals surface area contributed by atoms with Crippen LogP contribution in [0, 0.1) is 0 Å². The summed E-state index contributed by atoms with van der Waals surface area (Å²) in [5.41, 5.74) is 9.62. The first-order valence-corrected chi connectivity index (χ1v) is 6.80. The molecule has 0 atom stereocenters. The van der Waals surface area contributed by atoms with Crippen molar-refractivity contribution < 1.29 is 9.53 Å². The van der Waals surface area contributed by atoms with E-state index in [4.69, 9.17) is 10.5 Å². The molecule has 0 bridgehead atoms. The van der Waals surface area contributed by atoms with Gasteiger partial charge in [-0.15, -0.1) is 0 Å². The van der Waals surface area contributed by atoms with E-state index in [-0.39, 0.29) is 6.61 Å². The second kappa shape index (κ2) is 7.23. The van der Waals surface area contributed by atoms with Crippen LogP contribution in [0.2, 0.25) is 0 Å². The van der Waals surface area contributed by atoms with Crippen LogP contribution >= 0.6 is 0 Å². The lowest BCUT2D eigenvalue weighted by Gasteiger charge is -2.32. The molecule has 1 heterocycles. The van der Waals surface area contributed by atoms with Gasteiger partial charge in [-0.2, -0.15) is 0 Å². The van der Waals surface area contributed by atoms with Gasteiger partial charge in [-0.3, -0.25) is 10.2 Å². The van der Waals surface area contributed by atoms with Gasteiger partial charge in [-0.05, 0) is 24.7 Å². The molecule has 0 aliphatic carbocycles. The van der Waals surface area contributed by atoms with Crippen LogP contribution in [0.1, 0.15) is 5.56 Å². The van der Waals surface area contributed by atoms with Crippen LogP contribution in [0.3, 0.4) is 0 Å². The third-order valence-corrected chi connectivity index (χ3v) is 3.31.